The van der Waals surface area contributed by atoms with Crippen LogP contribution in [0.4, 0.5) is 5.69 Å². The standard InChI is InChI=1S/C18H24N2O5S/c1-5-9-19-17(21)13(4)25-18(22)14-6-7-16(15(11-14)20(23)24)26-10-8-12(2)3/h5-7,11-13H,1,8-10H2,2-4H3,(H,19,21)/t13-/m0/s1. The second-order valence-corrected chi connectivity index (χ2v) is 7.19. The first-order valence-corrected chi connectivity index (χ1v) is 9.25. The number of nitro benzene ring substituents is 1. The van der Waals surface area contributed by atoms with Crippen molar-refractivity contribution in [3.8, 4) is 0 Å². The van der Waals surface area contributed by atoms with E-state index in [1.807, 2.05) is 0 Å². The monoisotopic (exact) mass is 380 g/mol. The van der Waals surface area contributed by atoms with Gasteiger partial charge in [-0.3, -0.25) is 14.9 Å². The maximum Gasteiger partial charge on any atom is 0.339 e. The van der Waals surface area contributed by atoms with Crippen LogP contribution in [0.5, 0.6) is 0 Å². The van der Waals surface area contributed by atoms with Crippen molar-refractivity contribution in [2.75, 3.05) is 12.3 Å². The van der Waals surface area contributed by atoms with Crippen LogP contribution in [0.25, 0.3) is 0 Å². The SMILES string of the molecule is C=CCNC(=O)[C@H](C)OC(=O)c1ccc(SCCC(C)C)c([N+](=O)[O-])c1. The lowest BCUT2D eigenvalue weighted by Gasteiger charge is -2.13. The van der Waals surface area contributed by atoms with Crippen LogP contribution in [0.3, 0.4) is 0 Å². The molecule has 0 unspecified atom stereocenters. The zero-order valence-corrected chi connectivity index (χ0v) is 16.0. The highest BCUT2D eigenvalue weighted by molar-refractivity contribution is 7.99. The Labute approximate surface area is 157 Å². The molecule has 1 aromatic carbocycles. The minimum Gasteiger partial charge on any atom is -0.449 e. The van der Waals surface area contributed by atoms with Gasteiger partial charge >= 0.3 is 5.97 Å². The van der Waals surface area contributed by atoms with Gasteiger partial charge in [0.25, 0.3) is 11.6 Å². The fraction of sp³-hybridized carbons (Fsp3) is 0.444. The summed E-state index contributed by atoms with van der Waals surface area (Å²) in [7, 11) is 0. The zero-order valence-electron chi connectivity index (χ0n) is 15.2. The topological polar surface area (TPSA) is 98.5 Å². The molecule has 8 heteroatoms. The van der Waals surface area contributed by atoms with E-state index < -0.39 is 22.9 Å². The van der Waals surface area contributed by atoms with Crippen LogP contribution in [0, 0.1) is 16.0 Å². The molecule has 26 heavy (non-hydrogen) atoms. The van der Waals surface area contributed by atoms with Crippen molar-refractivity contribution < 1.29 is 19.2 Å². The highest BCUT2D eigenvalue weighted by atomic mass is 32.2. The molecule has 0 aromatic heterocycles. The number of nitrogens with one attached hydrogen (secondary N) is 1. The maximum absolute atomic E-state index is 12.2. The molecule has 0 heterocycles. The predicted molar refractivity (Wildman–Crippen MR) is 101 cm³/mol. The molecule has 0 radical (unpaired) electrons. The van der Waals surface area contributed by atoms with Crippen LogP contribution in [-0.2, 0) is 9.53 Å². The van der Waals surface area contributed by atoms with E-state index in [0.717, 1.165) is 12.2 Å². The summed E-state index contributed by atoms with van der Waals surface area (Å²) in [5.41, 5.74) is -0.106. The Hall–Kier alpha value is -2.35. The number of rotatable bonds is 10. The summed E-state index contributed by atoms with van der Waals surface area (Å²) in [6.07, 6.45) is 1.43. The first-order chi connectivity index (χ1) is 12.3. The number of carbonyl (C=O) groups excluding carboxylic acids is 2. The van der Waals surface area contributed by atoms with Gasteiger partial charge in [0.1, 0.15) is 0 Å². The Morgan fingerprint density at radius 2 is 2.08 bits per heavy atom. The third kappa shape index (κ3) is 6.87. The van der Waals surface area contributed by atoms with E-state index in [4.69, 9.17) is 4.74 Å². The second kappa shape index (κ2) is 10.6. The average Bonchev–Trinajstić information content (AvgIpc) is 2.59. The average molecular weight is 380 g/mol. The zero-order chi connectivity index (χ0) is 19.7. The van der Waals surface area contributed by atoms with Crippen molar-refractivity contribution in [2.24, 2.45) is 5.92 Å². The molecule has 0 spiro atoms. The van der Waals surface area contributed by atoms with Gasteiger partial charge in [0, 0.05) is 12.6 Å². The first kappa shape index (κ1) is 21.7. The van der Waals surface area contributed by atoms with E-state index in [1.165, 1.54) is 36.9 Å². The Bertz CT molecular complexity index is 676. The lowest BCUT2D eigenvalue weighted by molar-refractivity contribution is -0.387. The van der Waals surface area contributed by atoms with Crippen molar-refractivity contribution in [1.29, 1.82) is 0 Å². The minimum atomic E-state index is -1.01. The molecule has 1 N–H and O–H groups in total. The summed E-state index contributed by atoms with van der Waals surface area (Å²) in [4.78, 5) is 35.2. The highest BCUT2D eigenvalue weighted by Gasteiger charge is 2.22. The van der Waals surface area contributed by atoms with Crippen LogP contribution in [0.2, 0.25) is 0 Å². The molecule has 0 bridgehead atoms. The molecule has 0 saturated carbocycles. The van der Waals surface area contributed by atoms with Crippen LogP contribution < -0.4 is 5.32 Å². The van der Waals surface area contributed by atoms with Gasteiger partial charge < -0.3 is 10.1 Å². The summed E-state index contributed by atoms with van der Waals surface area (Å²) in [6, 6.07) is 4.21. The number of hydrogen-bond donors (Lipinski definition) is 1. The first-order valence-electron chi connectivity index (χ1n) is 8.27. The summed E-state index contributed by atoms with van der Waals surface area (Å²) < 4.78 is 5.07. The molecule has 1 rings (SSSR count). The Kier molecular flexibility index (Phi) is 8.84. The third-order valence-corrected chi connectivity index (χ3v) is 4.51. The molecule has 0 saturated heterocycles. The van der Waals surface area contributed by atoms with Gasteiger partial charge in [-0.2, -0.15) is 0 Å². The normalized spacial score (nSPS) is 11.7. The number of benzene rings is 1. The quantitative estimate of drug-likeness (QED) is 0.219. The predicted octanol–water partition coefficient (Wildman–Crippen LogP) is 3.58. The molecule has 1 atom stereocenters. The number of amides is 1. The largest absolute Gasteiger partial charge is 0.449 e. The Morgan fingerprint density at radius 1 is 1.38 bits per heavy atom. The van der Waals surface area contributed by atoms with Crippen molar-refractivity contribution >= 4 is 29.3 Å². The molecule has 0 aliphatic rings. The number of carbonyl (C=O) groups is 2. The Morgan fingerprint density at radius 3 is 2.65 bits per heavy atom. The van der Waals surface area contributed by atoms with Gasteiger partial charge in [0.15, 0.2) is 6.10 Å². The van der Waals surface area contributed by atoms with Crippen molar-refractivity contribution in [2.45, 2.75) is 38.2 Å². The second-order valence-electron chi connectivity index (χ2n) is 6.05. The highest BCUT2D eigenvalue weighted by Crippen LogP contribution is 2.31. The molecule has 142 valence electrons. The fourth-order valence-electron chi connectivity index (χ4n) is 1.91. The van der Waals surface area contributed by atoms with Crippen molar-refractivity contribution in [1.82, 2.24) is 5.32 Å². The van der Waals surface area contributed by atoms with Crippen LogP contribution in [0.1, 0.15) is 37.6 Å². The van der Waals surface area contributed by atoms with E-state index in [9.17, 15) is 19.7 Å². The van der Waals surface area contributed by atoms with E-state index in [-0.39, 0.29) is 17.8 Å². The fourth-order valence-corrected chi connectivity index (χ4v) is 3.17. The number of hydrogen-bond acceptors (Lipinski definition) is 6. The van der Waals surface area contributed by atoms with E-state index in [2.05, 4.69) is 25.7 Å². The van der Waals surface area contributed by atoms with Gasteiger partial charge in [-0.25, -0.2) is 4.79 Å². The lowest BCUT2D eigenvalue weighted by atomic mass is 10.2. The van der Waals surface area contributed by atoms with E-state index >= 15 is 0 Å². The number of nitrogens with zero attached hydrogens (tertiary/aromatic N) is 1. The summed E-state index contributed by atoms with van der Waals surface area (Å²) in [5.74, 6) is 0.00855. The Balaban J connectivity index is 2.84. The molecule has 1 amide bonds. The van der Waals surface area contributed by atoms with Crippen LogP contribution in [-0.4, -0.2) is 35.2 Å². The molecule has 7 nitrogen and oxygen atoms in total. The van der Waals surface area contributed by atoms with Crippen molar-refractivity contribution in [3.05, 3.63) is 46.5 Å². The third-order valence-electron chi connectivity index (χ3n) is 3.42. The van der Waals surface area contributed by atoms with Gasteiger partial charge in [0.2, 0.25) is 0 Å². The molecule has 0 aliphatic heterocycles. The summed E-state index contributed by atoms with van der Waals surface area (Å²) >= 11 is 1.38. The van der Waals surface area contributed by atoms with Gasteiger partial charge in [-0.1, -0.05) is 19.9 Å². The number of esters is 1. The van der Waals surface area contributed by atoms with E-state index in [0.29, 0.717) is 10.8 Å². The smallest absolute Gasteiger partial charge is 0.339 e. The summed E-state index contributed by atoms with van der Waals surface area (Å²) in [6.45, 7) is 9.33. The van der Waals surface area contributed by atoms with Gasteiger partial charge in [-0.15, -0.1) is 18.3 Å². The molecule has 0 fully saturated rings. The van der Waals surface area contributed by atoms with E-state index in [1.54, 1.807) is 6.07 Å². The summed E-state index contributed by atoms with van der Waals surface area (Å²) in [5, 5.41) is 13.8. The lowest BCUT2D eigenvalue weighted by Crippen LogP contribution is -2.35. The molecule has 0 aliphatic carbocycles. The number of ether oxygens (including phenoxy) is 1. The molecular formula is C18H24N2O5S. The molecule has 1 aromatic rings. The van der Waals surface area contributed by atoms with Crippen molar-refractivity contribution in [3.63, 3.8) is 0 Å². The van der Waals surface area contributed by atoms with Crippen LogP contribution >= 0.6 is 11.8 Å². The number of thioether (sulfide) groups is 1. The minimum absolute atomic E-state index is 0.0354. The molecular weight excluding hydrogens is 356 g/mol. The van der Waals surface area contributed by atoms with Gasteiger partial charge in [0.05, 0.1) is 15.4 Å². The number of nitro groups is 1. The van der Waals surface area contributed by atoms with Gasteiger partial charge in [-0.05, 0) is 37.1 Å². The van der Waals surface area contributed by atoms with Crippen LogP contribution in [0.15, 0.2) is 35.7 Å². The maximum atomic E-state index is 12.2.